The van der Waals surface area contributed by atoms with Crippen molar-refractivity contribution in [2.45, 2.75) is 71.8 Å². The maximum absolute atomic E-state index is 15.2. The van der Waals surface area contributed by atoms with E-state index in [-0.39, 0.29) is 28.2 Å². The van der Waals surface area contributed by atoms with Crippen LogP contribution in [0.4, 0.5) is 14.5 Å². The number of ether oxygens (including phenoxy) is 1. The van der Waals surface area contributed by atoms with Crippen LogP contribution in [0.2, 0.25) is 5.02 Å². The number of hydrogen-bond donors (Lipinski definition) is 3. The number of aldehydes is 1. The molecule has 1 fully saturated rings. The predicted molar refractivity (Wildman–Crippen MR) is 201 cm³/mol. The maximum Gasteiger partial charge on any atom is 0.150 e. The number of rotatable bonds is 10. The third-order valence-corrected chi connectivity index (χ3v) is 8.72. The second-order valence-corrected chi connectivity index (χ2v) is 14.1. The Labute approximate surface area is 298 Å². The van der Waals surface area contributed by atoms with Crippen molar-refractivity contribution in [3.05, 3.63) is 106 Å². The SMILES string of the molecule is C=C[C@]1(c2ccc(C)cc2F)C(CC(C)(C)C)NCC1c1cccc(Cl)c1F.C=O.CNCCC(C)C.CNc1ccc(C=O)cc1OC. The normalized spacial score (nSPS) is 18.1. The van der Waals surface area contributed by atoms with Gasteiger partial charge in [0.15, 0.2) is 0 Å². The molecule has 1 heterocycles. The lowest BCUT2D eigenvalue weighted by atomic mass is 9.63. The molecule has 0 spiro atoms. The first kappa shape index (κ1) is 43.4. The molecule has 4 rings (SSSR count). The van der Waals surface area contributed by atoms with E-state index in [1.165, 1.54) is 12.5 Å². The van der Waals surface area contributed by atoms with Gasteiger partial charge in [-0.1, -0.05) is 76.6 Å². The number of anilines is 1. The number of carbonyl (C=O) groups is 2. The minimum absolute atomic E-state index is 0.00880. The van der Waals surface area contributed by atoms with E-state index in [2.05, 4.69) is 57.1 Å². The average molecular weight is 700 g/mol. The molecule has 1 aliphatic heterocycles. The Bertz CT molecular complexity index is 1480. The van der Waals surface area contributed by atoms with Crippen molar-refractivity contribution in [3.8, 4) is 5.75 Å². The predicted octanol–water partition coefficient (Wildman–Crippen LogP) is 9.16. The second-order valence-electron chi connectivity index (χ2n) is 13.7. The third-order valence-electron chi connectivity index (χ3n) is 8.43. The number of methoxy groups -OCH3 is 1. The zero-order chi connectivity index (χ0) is 37.4. The van der Waals surface area contributed by atoms with Crippen LogP contribution < -0.4 is 20.7 Å². The molecular formula is C40H56ClF2N3O3. The zero-order valence-corrected chi connectivity index (χ0v) is 31.4. The molecule has 3 atom stereocenters. The molecule has 3 aromatic rings. The Balaban J connectivity index is 0.000000470. The summed E-state index contributed by atoms with van der Waals surface area (Å²) in [6, 6.07) is 15.5. The molecule has 0 bridgehead atoms. The van der Waals surface area contributed by atoms with Crippen LogP contribution in [0.3, 0.4) is 0 Å². The largest absolute Gasteiger partial charge is 0.495 e. The topological polar surface area (TPSA) is 79.5 Å². The van der Waals surface area contributed by atoms with Gasteiger partial charge in [0.1, 0.15) is 30.5 Å². The molecule has 0 aliphatic carbocycles. The van der Waals surface area contributed by atoms with E-state index < -0.39 is 11.2 Å². The van der Waals surface area contributed by atoms with Gasteiger partial charge in [-0.05, 0) is 86.1 Å². The lowest BCUT2D eigenvalue weighted by Crippen LogP contribution is -2.44. The van der Waals surface area contributed by atoms with Crippen LogP contribution in [-0.4, -0.2) is 53.4 Å². The van der Waals surface area contributed by atoms with Crippen LogP contribution in [-0.2, 0) is 10.2 Å². The van der Waals surface area contributed by atoms with Gasteiger partial charge in [0, 0.05) is 42.1 Å². The van der Waals surface area contributed by atoms with Gasteiger partial charge in [-0.15, -0.1) is 6.58 Å². The summed E-state index contributed by atoms with van der Waals surface area (Å²) in [6.07, 6.45) is 4.69. The second kappa shape index (κ2) is 20.8. The van der Waals surface area contributed by atoms with E-state index in [1.807, 2.05) is 45.0 Å². The Morgan fingerprint density at radius 3 is 2.27 bits per heavy atom. The van der Waals surface area contributed by atoms with Gasteiger partial charge in [-0.25, -0.2) is 8.78 Å². The van der Waals surface area contributed by atoms with E-state index in [9.17, 15) is 9.18 Å². The summed E-state index contributed by atoms with van der Waals surface area (Å²) < 4.78 is 35.3. The number of nitrogens with one attached hydrogen (secondary N) is 3. The van der Waals surface area contributed by atoms with Crippen LogP contribution in [0.15, 0.2) is 67.3 Å². The van der Waals surface area contributed by atoms with E-state index in [1.54, 1.807) is 44.5 Å². The first-order chi connectivity index (χ1) is 23.2. The summed E-state index contributed by atoms with van der Waals surface area (Å²) >= 11 is 6.07. The third kappa shape index (κ3) is 12.1. The molecule has 6 nitrogen and oxygen atoms in total. The molecule has 2 unspecified atom stereocenters. The number of hydrogen-bond acceptors (Lipinski definition) is 6. The van der Waals surface area contributed by atoms with Gasteiger partial charge in [0.25, 0.3) is 0 Å². The maximum atomic E-state index is 15.2. The average Bonchev–Trinajstić information content (AvgIpc) is 3.42. The molecule has 0 amide bonds. The highest BCUT2D eigenvalue weighted by Gasteiger charge is 2.52. The fourth-order valence-corrected chi connectivity index (χ4v) is 6.19. The van der Waals surface area contributed by atoms with Crippen molar-refractivity contribution < 1.29 is 23.1 Å². The fourth-order valence-electron chi connectivity index (χ4n) is 6.01. The van der Waals surface area contributed by atoms with Crippen molar-refractivity contribution in [2.24, 2.45) is 11.3 Å². The molecule has 1 saturated heterocycles. The van der Waals surface area contributed by atoms with Crippen LogP contribution in [0, 0.1) is 29.9 Å². The van der Waals surface area contributed by atoms with Crippen molar-refractivity contribution in [1.82, 2.24) is 10.6 Å². The summed E-state index contributed by atoms with van der Waals surface area (Å²) in [4.78, 5) is 18.4. The lowest BCUT2D eigenvalue weighted by Gasteiger charge is -2.40. The Hall–Kier alpha value is -3.59. The number of benzene rings is 3. The molecule has 0 radical (unpaired) electrons. The highest BCUT2D eigenvalue weighted by molar-refractivity contribution is 6.30. The van der Waals surface area contributed by atoms with E-state index >= 15 is 4.39 Å². The summed E-state index contributed by atoms with van der Waals surface area (Å²) in [7, 11) is 5.37. The van der Waals surface area contributed by atoms with E-state index in [0.29, 0.717) is 29.0 Å². The van der Waals surface area contributed by atoms with Crippen LogP contribution >= 0.6 is 11.6 Å². The minimum Gasteiger partial charge on any atom is -0.495 e. The van der Waals surface area contributed by atoms with Crippen molar-refractivity contribution in [2.75, 3.05) is 39.6 Å². The Morgan fingerprint density at radius 1 is 1.10 bits per heavy atom. The monoisotopic (exact) mass is 699 g/mol. The van der Waals surface area contributed by atoms with Gasteiger partial charge in [-0.3, -0.25) is 4.79 Å². The van der Waals surface area contributed by atoms with Crippen molar-refractivity contribution >= 4 is 30.4 Å². The molecule has 9 heteroatoms. The van der Waals surface area contributed by atoms with Gasteiger partial charge in [0.2, 0.25) is 0 Å². The molecule has 0 aromatic heterocycles. The van der Waals surface area contributed by atoms with Gasteiger partial charge in [0.05, 0.1) is 17.8 Å². The number of carbonyl (C=O) groups excluding carboxylic acids is 2. The minimum atomic E-state index is -0.781. The molecule has 0 saturated carbocycles. The fraction of sp³-hybridized carbons (Fsp3) is 0.450. The van der Waals surface area contributed by atoms with Crippen LogP contribution in [0.25, 0.3) is 0 Å². The standard InChI is InChI=1S/C24H28ClF2N.C9H11NO2.C6H15N.CH2O/c1-6-24(17-11-10-15(2)12-20(17)26)18(14-28-21(24)13-23(3,4)5)16-8-7-9-19(25)22(16)27;1-10-8-4-3-7(6-11)5-9(8)12-2;1-6(2)4-5-7-3;1-2/h6-12,18,21,28H,1,13-14H2,2-5H3;3-6,10H,1-2H3;6-7H,4-5H2,1-3H3;1H2/t18?,21?,24-;;;/m1.../s1. The Kier molecular flexibility index (Phi) is 18.4. The van der Waals surface area contributed by atoms with E-state index in [0.717, 1.165) is 36.4 Å². The first-order valence-electron chi connectivity index (χ1n) is 16.5. The summed E-state index contributed by atoms with van der Waals surface area (Å²) in [5, 5.41) is 9.68. The number of halogens is 3. The van der Waals surface area contributed by atoms with Crippen molar-refractivity contribution in [3.63, 3.8) is 0 Å². The van der Waals surface area contributed by atoms with Gasteiger partial charge < -0.3 is 25.5 Å². The Morgan fingerprint density at radius 2 is 1.78 bits per heavy atom. The smallest absolute Gasteiger partial charge is 0.150 e. The van der Waals surface area contributed by atoms with Gasteiger partial charge in [-0.2, -0.15) is 0 Å². The summed E-state index contributed by atoms with van der Waals surface area (Å²) in [5.74, 6) is 0.490. The zero-order valence-electron chi connectivity index (χ0n) is 30.7. The highest BCUT2D eigenvalue weighted by Crippen LogP contribution is 2.51. The molecule has 270 valence electrons. The van der Waals surface area contributed by atoms with E-state index in [4.69, 9.17) is 21.1 Å². The van der Waals surface area contributed by atoms with Crippen LogP contribution in [0.5, 0.6) is 5.75 Å². The molecule has 49 heavy (non-hydrogen) atoms. The molecule has 1 aliphatic rings. The highest BCUT2D eigenvalue weighted by atomic mass is 35.5. The quantitative estimate of drug-likeness (QED) is 0.145. The molecule has 3 N–H and O–H groups in total. The molecule has 3 aromatic carbocycles. The van der Waals surface area contributed by atoms with Crippen molar-refractivity contribution in [1.29, 1.82) is 0 Å². The summed E-state index contributed by atoms with van der Waals surface area (Å²) in [5.41, 5.74) is 2.62. The number of aryl methyl sites for hydroxylation is 1. The first-order valence-corrected chi connectivity index (χ1v) is 16.9. The van der Waals surface area contributed by atoms with Gasteiger partial charge >= 0.3 is 0 Å². The summed E-state index contributed by atoms with van der Waals surface area (Å²) in [6.45, 7) is 20.6. The van der Waals surface area contributed by atoms with Crippen LogP contribution in [0.1, 0.15) is 80.4 Å². The molecular weight excluding hydrogens is 644 g/mol. The lowest BCUT2D eigenvalue weighted by molar-refractivity contribution is -0.0980.